The number of hydrogen-bond donors (Lipinski definition) is 0. The van der Waals surface area contributed by atoms with Gasteiger partial charge in [-0.2, -0.15) is 0 Å². The zero-order valence-electron chi connectivity index (χ0n) is 31.8. The SMILES string of the molecule is C=CC(=O)OCC(=O)OC1(C2CCCC(C)C2)C2CC3CC1CC(C1CCC(C4(OC(=O)COC(=O)C(=C)C)C5CC6CC(C5)CC4C6)CC1)(C3)C2. The number of hydrogen-bond acceptors (Lipinski definition) is 8. The van der Waals surface area contributed by atoms with Crippen LogP contribution in [0.1, 0.15) is 129 Å². The second kappa shape index (κ2) is 13.9. The van der Waals surface area contributed by atoms with Gasteiger partial charge in [0.25, 0.3) is 0 Å². The molecule has 10 aliphatic carbocycles. The Bertz CT molecular complexity index is 1410. The molecule has 0 heterocycles. The molecule has 0 radical (unpaired) electrons. The fourth-order valence-electron chi connectivity index (χ4n) is 15.2. The molecule has 10 fully saturated rings. The summed E-state index contributed by atoms with van der Waals surface area (Å²) in [6, 6.07) is 0. The minimum Gasteiger partial charge on any atom is -0.456 e. The van der Waals surface area contributed by atoms with Crippen LogP contribution in [0.5, 0.6) is 0 Å². The van der Waals surface area contributed by atoms with Gasteiger partial charge in [0, 0.05) is 23.5 Å². The molecule has 0 aromatic carbocycles. The smallest absolute Gasteiger partial charge is 0.344 e. The van der Waals surface area contributed by atoms with Crippen LogP contribution in [0.25, 0.3) is 0 Å². The largest absolute Gasteiger partial charge is 0.456 e. The highest BCUT2D eigenvalue weighted by Gasteiger charge is 2.69. The van der Waals surface area contributed by atoms with E-state index in [-0.39, 0.29) is 24.2 Å². The molecule has 0 spiro atoms. The van der Waals surface area contributed by atoms with Crippen molar-refractivity contribution in [2.45, 2.75) is 141 Å². The highest BCUT2D eigenvalue weighted by molar-refractivity contribution is 5.88. The van der Waals surface area contributed by atoms with Crippen LogP contribution in [0.2, 0.25) is 0 Å². The molecule has 8 heteroatoms. The minimum absolute atomic E-state index is 0.275. The maximum absolute atomic E-state index is 13.5. The highest BCUT2D eigenvalue weighted by Crippen LogP contribution is 2.71. The Balaban J connectivity index is 1.00. The summed E-state index contributed by atoms with van der Waals surface area (Å²) < 4.78 is 23.9. The summed E-state index contributed by atoms with van der Waals surface area (Å²) in [5, 5.41) is 0. The quantitative estimate of drug-likeness (QED) is 0.119. The van der Waals surface area contributed by atoms with Crippen molar-refractivity contribution < 1.29 is 38.1 Å². The number of rotatable bonds is 11. The lowest BCUT2D eigenvalue weighted by atomic mass is 9.38. The van der Waals surface area contributed by atoms with Gasteiger partial charge in [-0.15, -0.1) is 0 Å². The van der Waals surface area contributed by atoms with Gasteiger partial charge in [-0.3, -0.25) is 0 Å². The number of carbonyl (C=O) groups excluding carboxylic acids is 4. The minimum atomic E-state index is -0.589. The zero-order valence-corrected chi connectivity index (χ0v) is 31.8. The van der Waals surface area contributed by atoms with Crippen LogP contribution >= 0.6 is 0 Å². The van der Waals surface area contributed by atoms with Crippen LogP contribution in [-0.2, 0) is 38.1 Å². The summed E-state index contributed by atoms with van der Waals surface area (Å²) in [4.78, 5) is 51.0. The van der Waals surface area contributed by atoms with E-state index in [1.165, 1.54) is 25.7 Å². The molecule has 0 aromatic rings. The Kier molecular flexibility index (Phi) is 9.71. The van der Waals surface area contributed by atoms with Gasteiger partial charge >= 0.3 is 23.9 Å². The zero-order chi connectivity index (χ0) is 36.4. The van der Waals surface area contributed by atoms with Crippen molar-refractivity contribution in [2.24, 2.45) is 70.5 Å². The Morgan fingerprint density at radius 1 is 0.615 bits per heavy atom. The van der Waals surface area contributed by atoms with E-state index in [0.717, 1.165) is 108 Å². The van der Waals surface area contributed by atoms with Gasteiger partial charge in [-0.1, -0.05) is 32.9 Å². The molecule has 4 unspecified atom stereocenters. The van der Waals surface area contributed by atoms with Crippen molar-refractivity contribution in [3.05, 3.63) is 24.8 Å². The first-order chi connectivity index (χ1) is 24.9. The summed E-state index contributed by atoms with van der Waals surface area (Å²) in [5.74, 6) is 3.74. The second-order valence-electron chi connectivity index (χ2n) is 19.4. The summed E-state index contributed by atoms with van der Waals surface area (Å²) in [6.45, 7) is 10.4. The van der Waals surface area contributed by atoms with E-state index >= 15 is 0 Å². The van der Waals surface area contributed by atoms with E-state index in [2.05, 4.69) is 20.1 Å². The topological polar surface area (TPSA) is 105 Å². The molecule has 0 N–H and O–H groups in total. The summed E-state index contributed by atoms with van der Waals surface area (Å²) >= 11 is 0. The van der Waals surface area contributed by atoms with Gasteiger partial charge in [0.05, 0.1) is 0 Å². The van der Waals surface area contributed by atoms with Crippen molar-refractivity contribution in [2.75, 3.05) is 13.2 Å². The van der Waals surface area contributed by atoms with Crippen molar-refractivity contribution in [1.29, 1.82) is 0 Å². The van der Waals surface area contributed by atoms with Crippen LogP contribution < -0.4 is 0 Å². The summed E-state index contributed by atoms with van der Waals surface area (Å²) in [5.41, 5.74) is -0.339. The first-order valence-corrected chi connectivity index (χ1v) is 21.0. The first kappa shape index (κ1) is 36.3. The van der Waals surface area contributed by atoms with Crippen molar-refractivity contribution >= 4 is 23.9 Å². The number of esters is 4. The number of ether oxygens (including phenoxy) is 4. The lowest BCUT2D eigenvalue weighted by Gasteiger charge is -2.69. The molecule has 8 bridgehead atoms. The van der Waals surface area contributed by atoms with Gasteiger partial charge in [-0.05, 0) is 168 Å². The molecule has 52 heavy (non-hydrogen) atoms. The van der Waals surface area contributed by atoms with E-state index in [9.17, 15) is 19.2 Å². The predicted octanol–water partition coefficient (Wildman–Crippen LogP) is 8.31. The van der Waals surface area contributed by atoms with Gasteiger partial charge < -0.3 is 18.9 Å². The highest BCUT2D eigenvalue weighted by atomic mass is 16.6. The molecule has 286 valence electrons. The van der Waals surface area contributed by atoms with Crippen LogP contribution in [0.3, 0.4) is 0 Å². The van der Waals surface area contributed by atoms with Crippen molar-refractivity contribution in [1.82, 2.24) is 0 Å². The molecule has 4 atom stereocenters. The molecule has 8 nitrogen and oxygen atoms in total. The Hall–Kier alpha value is -2.64. The fourth-order valence-corrected chi connectivity index (χ4v) is 15.2. The van der Waals surface area contributed by atoms with Crippen LogP contribution in [0, 0.1) is 70.5 Å². The lowest BCUT2D eigenvalue weighted by Crippen LogP contribution is -2.67. The van der Waals surface area contributed by atoms with E-state index < -0.39 is 35.1 Å². The molecule has 10 aliphatic rings. The summed E-state index contributed by atoms with van der Waals surface area (Å²) in [6.07, 6.45) is 22.0. The van der Waals surface area contributed by atoms with Gasteiger partial charge in [0.1, 0.15) is 11.2 Å². The molecule has 10 saturated carbocycles. The Morgan fingerprint density at radius 3 is 1.71 bits per heavy atom. The van der Waals surface area contributed by atoms with Crippen LogP contribution in [0.4, 0.5) is 0 Å². The van der Waals surface area contributed by atoms with E-state index in [0.29, 0.717) is 53.3 Å². The number of carbonyl (C=O) groups is 4. The average Bonchev–Trinajstić information content (AvgIpc) is 3.12. The summed E-state index contributed by atoms with van der Waals surface area (Å²) in [7, 11) is 0. The van der Waals surface area contributed by atoms with Gasteiger partial charge in [0.15, 0.2) is 13.2 Å². The second-order valence-corrected chi connectivity index (χ2v) is 19.4. The molecule has 0 saturated heterocycles. The lowest BCUT2D eigenvalue weighted by molar-refractivity contribution is -0.262. The normalized spacial score (nSPS) is 45.5. The molecule has 0 amide bonds. The van der Waals surface area contributed by atoms with E-state index in [1.807, 2.05) is 0 Å². The monoisotopic (exact) mass is 718 g/mol. The van der Waals surface area contributed by atoms with Crippen LogP contribution in [-0.4, -0.2) is 48.3 Å². The van der Waals surface area contributed by atoms with E-state index in [1.54, 1.807) is 6.92 Å². The van der Waals surface area contributed by atoms with E-state index in [4.69, 9.17) is 18.9 Å². The molecular formula is C44H62O8. The standard InChI is InChI=1S/C44H62O8/c1-5-38(45)49-24-39(46)52-44(33-8-6-7-27(4)13-33)36-19-30-20-37(44)23-42(21-30,22-36)31-9-11-32(12-10-31)43(51-40(47)25-50-41(48)26(2)3)34-15-28-14-29(17-34)18-35(43)16-28/h5,27-37H,1-2,6-25H2,3-4H3. The fraction of sp³-hybridized carbons (Fsp3) is 0.818. The van der Waals surface area contributed by atoms with Crippen molar-refractivity contribution in [3.8, 4) is 0 Å². The molecule has 0 aromatic heterocycles. The third kappa shape index (κ3) is 6.18. The van der Waals surface area contributed by atoms with Gasteiger partial charge in [0.2, 0.25) is 0 Å². The maximum atomic E-state index is 13.5. The third-order valence-electron chi connectivity index (χ3n) is 16.5. The Morgan fingerprint density at radius 2 is 1.15 bits per heavy atom. The Labute approximate surface area is 310 Å². The molecular weight excluding hydrogens is 656 g/mol. The first-order valence-electron chi connectivity index (χ1n) is 21.0. The van der Waals surface area contributed by atoms with Crippen LogP contribution in [0.15, 0.2) is 24.8 Å². The average molecular weight is 719 g/mol. The molecule has 10 rings (SSSR count). The maximum Gasteiger partial charge on any atom is 0.344 e. The third-order valence-corrected chi connectivity index (χ3v) is 16.5. The van der Waals surface area contributed by atoms with Gasteiger partial charge in [-0.25, -0.2) is 19.2 Å². The van der Waals surface area contributed by atoms with Crippen molar-refractivity contribution in [3.63, 3.8) is 0 Å². The molecule has 0 aliphatic heterocycles. The predicted molar refractivity (Wildman–Crippen MR) is 194 cm³/mol.